The number of oxime groups is 1. The van der Waals surface area contributed by atoms with Crippen molar-refractivity contribution in [1.82, 2.24) is 0 Å². The van der Waals surface area contributed by atoms with Crippen molar-refractivity contribution in [2.24, 2.45) is 11.1 Å². The molecular weight excluding hydrogens is 372 g/mol. The summed E-state index contributed by atoms with van der Waals surface area (Å²) < 4.78 is 10.5. The number of carbonyl (C=O) groups is 2. The van der Waals surface area contributed by atoms with Gasteiger partial charge in [0.05, 0.1) is 19.9 Å². The monoisotopic (exact) mass is 386 g/mol. The number of rotatable bonds is 4. The summed E-state index contributed by atoms with van der Waals surface area (Å²) >= 11 is 5.89. The lowest BCUT2D eigenvalue weighted by Crippen LogP contribution is -2.33. The molecule has 138 valence electrons. The quantitative estimate of drug-likeness (QED) is 0.755. The molecule has 7 nitrogen and oxygen atoms in total. The second kappa shape index (κ2) is 6.59. The molecule has 0 saturated carbocycles. The third kappa shape index (κ3) is 2.71. The van der Waals surface area contributed by atoms with Gasteiger partial charge in [-0.05, 0) is 42.5 Å². The van der Waals surface area contributed by atoms with Crippen molar-refractivity contribution in [3.8, 4) is 11.5 Å². The van der Waals surface area contributed by atoms with Crippen LogP contribution in [-0.4, -0.2) is 37.8 Å². The maximum atomic E-state index is 13.0. The van der Waals surface area contributed by atoms with Crippen LogP contribution < -0.4 is 14.4 Å². The Bertz CT molecular complexity index is 957. The molecule has 27 heavy (non-hydrogen) atoms. The summed E-state index contributed by atoms with van der Waals surface area (Å²) in [4.78, 5) is 32.1. The molecule has 1 fully saturated rings. The minimum atomic E-state index is -0.976. The van der Waals surface area contributed by atoms with Crippen molar-refractivity contribution in [1.29, 1.82) is 0 Å². The van der Waals surface area contributed by atoms with Crippen molar-refractivity contribution >= 4 is 34.8 Å². The number of nitrogens with zero attached hydrogens (tertiary/aromatic N) is 2. The van der Waals surface area contributed by atoms with Gasteiger partial charge >= 0.3 is 0 Å². The SMILES string of the molecule is COc1ccc(C2=NO[C@H]3C(=O)N(c4ccc(Cl)cc4)C(=O)[C@H]23)cc1OC. The fourth-order valence-electron chi connectivity index (χ4n) is 3.26. The number of benzene rings is 2. The van der Waals surface area contributed by atoms with Crippen LogP contribution in [0.2, 0.25) is 5.02 Å². The molecular formula is C19H15ClN2O5. The Kier molecular flexibility index (Phi) is 4.24. The summed E-state index contributed by atoms with van der Waals surface area (Å²) in [6.45, 7) is 0. The minimum absolute atomic E-state index is 0.385. The van der Waals surface area contributed by atoms with Gasteiger partial charge in [-0.1, -0.05) is 16.8 Å². The molecule has 0 unspecified atom stereocenters. The summed E-state index contributed by atoms with van der Waals surface area (Å²) in [5, 5.41) is 4.51. The number of hydrogen-bond acceptors (Lipinski definition) is 6. The van der Waals surface area contributed by atoms with Crippen LogP contribution in [-0.2, 0) is 14.4 Å². The number of hydrogen-bond donors (Lipinski definition) is 0. The lowest BCUT2D eigenvalue weighted by atomic mass is 9.94. The largest absolute Gasteiger partial charge is 0.493 e. The normalized spacial score (nSPS) is 21.0. The van der Waals surface area contributed by atoms with E-state index < -0.39 is 23.8 Å². The predicted octanol–water partition coefficient (Wildman–Crippen LogP) is 2.65. The van der Waals surface area contributed by atoms with Crippen molar-refractivity contribution in [2.75, 3.05) is 19.1 Å². The molecule has 2 aliphatic heterocycles. The molecule has 0 radical (unpaired) electrons. The van der Waals surface area contributed by atoms with E-state index in [2.05, 4.69) is 5.16 Å². The first-order chi connectivity index (χ1) is 13.0. The van der Waals surface area contributed by atoms with Crippen molar-refractivity contribution in [3.05, 3.63) is 53.1 Å². The molecule has 0 aliphatic carbocycles. The number of anilines is 1. The van der Waals surface area contributed by atoms with Crippen LogP contribution in [0.5, 0.6) is 11.5 Å². The van der Waals surface area contributed by atoms with Gasteiger partial charge in [0.25, 0.3) is 5.91 Å². The van der Waals surface area contributed by atoms with Crippen molar-refractivity contribution < 1.29 is 23.9 Å². The zero-order valence-corrected chi connectivity index (χ0v) is 15.3. The Morgan fingerprint density at radius 1 is 1.00 bits per heavy atom. The van der Waals surface area contributed by atoms with Gasteiger partial charge in [0, 0.05) is 10.6 Å². The molecule has 2 atom stereocenters. The zero-order valence-electron chi connectivity index (χ0n) is 14.5. The highest BCUT2D eigenvalue weighted by atomic mass is 35.5. The number of carbonyl (C=O) groups excluding carboxylic acids is 2. The second-order valence-electron chi connectivity index (χ2n) is 6.04. The summed E-state index contributed by atoms with van der Waals surface area (Å²) in [6, 6.07) is 11.6. The molecule has 2 aromatic carbocycles. The third-order valence-corrected chi connectivity index (χ3v) is 4.83. The van der Waals surface area contributed by atoms with E-state index >= 15 is 0 Å². The van der Waals surface area contributed by atoms with E-state index in [1.54, 1.807) is 42.5 Å². The van der Waals surface area contributed by atoms with Crippen LogP contribution >= 0.6 is 11.6 Å². The molecule has 2 aromatic rings. The van der Waals surface area contributed by atoms with Crippen LogP contribution in [0.4, 0.5) is 5.69 Å². The van der Waals surface area contributed by atoms with E-state index in [-0.39, 0.29) is 0 Å². The molecule has 0 bridgehead atoms. The molecule has 0 spiro atoms. The van der Waals surface area contributed by atoms with Gasteiger partial charge in [0.15, 0.2) is 11.5 Å². The molecule has 2 amide bonds. The van der Waals surface area contributed by atoms with Gasteiger partial charge in [0.1, 0.15) is 11.6 Å². The predicted molar refractivity (Wildman–Crippen MR) is 98.4 cm³/mol. The molecule has 2 heterocycles. The zero-order chi connectivity index (χ0) is 19.1. The summed E-state index contributed by atoms with van der Waals surface area (Å²) in [7, 11) is 3.05. The molecule has 8 heteroatoms. The number of ether oxygens (including phenoxy) is 2. The second-order valence-corrected chi connectivity index (χ2v) is 6.47. The summed E-state index contributed by atoms with van der Waals surface area (Å²) in [5.41, 5.74) is 1.45. The van der Waals surface area contributed by atoms with Gasteiger partial charge in [-0.15, -0.1) is 0 Å². The Morgan fingerprint density at radius 3 is 2.37 bits per heavy atom. The van der Waals surface area contributed by atoms with Crippen LogP contribution in [0.25, 0.3) is 0 Å². The minimum Gasteiger partial charge on any atom is -0.493 e. The van der Waals surface area contributed by atoms with E-state index in [9.17, 15) is 9.59 Å². The first kappa shape index (κ1) is 17.4. The lowest BCUT2D eigenvalue weighted by molar-refractivity contribution is -0.126. The van der Waals surface area contributed by atoms with Gasteiger partial charge in [-0.25, -0.2) is 4.90 Å². The van der Waals surface area contributed by atoms with E-state index in [0.717, 1.165) is 4.90 Å². The molecule has 0 aromatic heterocycles. The van der Waals surface area contributed by atoms with E-state index in [4.69, 9.17) is 25.9 Å². The van der Waals surface area contributed by atoms with Gasteiger partial charge in [-0.3, -0.25) is 9.59 Å². The standard InChI is InChI=1S/C19H15ClN2O5/c1-25-13-8-3-10(9-14(13)26-2)16-15-17(27-21-16)19(24)22(18(15)23)12-6-4-11(20)5-7-12/h3-9,15,17H,1-2H3/t15-,17-/m1/s1. The van der Waals surface area contributed by atoms with Crippen LogP contribution in [0.1, 0.15) is 5.56 Å². The molecule has 0 N–H and O–H groups in total. The van der Waals surface area contributed by atoms with E-state index in [0.29, 0.717) is 33.5 Å². The first-order valence-electron chi connectivity index (χ1n) is 8.14. The van der Waals surface area contributed by atoms with Crippen molar-refractivity contribution in [3.63, 3.8) is 0 Å². The highest BCUT2D eigenvalue weighted by Gasteiger charge is 2.56. The lowest BCUT2D eigenvalue weighted by Gasteiger charge is -2.15. The van der Waals surface area contributed by atoms with Crippen LogP contribution in [0.15, 0.2) is 47.6 Å². The Morgan fingerprint density at radius 2 is 1.70 bits per heavy atom. The average molecular weight is 387 g/mol. The smallest absolute Gasteiger partial charge is 0.278 e. The Labute approximate surface area is 160 Å². The van der Waals surface area contributed by atoms with Gasteiger partial charge < -0.3 is 14.3 Å². The highest BCUT2D eigenvalue weighted by molar-refractivity contribution is 6.33. The fourth-order valence-corrected chi connectivity index (χ4v) is 3.38. The molecule has 1 saturated heterocycles. The van der Waals surface area contributed by atoms with Crippen molar-refractivity contribution in [2.45, 2.75) is 6.10 Å². The number of halogens is 1. The first-order valence-corrected chi connectivity index (χ1v) is 8.52. The number of fused-ring (bicyclic) bond motifs is 1. The fraction of sp³-hybridized carbons (Fsp3) is 0.211. The molecule has 4 rings (SSSR count). The third-order valence-electron chi connectivity index (χ3n) is 4.58. The number of methoxy groups -OCH3 is 2. The Balaban J connectivity index is 1.69. The van der Waals surface area contributed by atoms with E-state index in [1.165, 1.54) is 14.2 Å². The van der Waals surface area contributed by atoms with Gasteiger partial charge in [-0.2, -0.15) is 0 Å². The maximum absolute atomic E-state index is 13.0. The average Bonchev–Trinajstić information content (AvgIpc) is 3.23. The highest BCUT2D eigenvalue weighted by Crippen LogP contribution is 2.37. The molecule has 2 aliphatic rings. The topological polar surface area (TPSA) is 77.4 Å². The van der Waals surface area contributed by atoms with E-state index in [1.807, 2.05) is 0 Å². The number of imide groups is 1. The number of amides is 2. The summed E-state index contributed by atoms with van der Waals surface area (Å²) in [6.07, 6.45) is -0.976. The Hall–Kier alpha value is -3.06. The van der Waals surface area contributed by atoms with Gasteiger partial charge in [0.2, 0.25) is 12.0 Å². The van der Waals surface area contributed by atoms with Crippen LogP contribution in [0, 0.1) is 5.92 Å². The van der Waals surface area contributed by atoms with Crippen LogP contribution in [0.3, 0.4) is 0 Å². The maximum Gasteiger partial charge on any atom is 0.278 e. The summed E-state index contributed by atoms with van der Waals surface area (Å²) in [5.74, 6) is -0.613.